The standard InChI is InChI=1S/C21H17FN2O3/c22-15-8-6-14(7-9-15)21(26)24-11-10-17-18(4-1-5-19(17)24)20(25)23-13-16-3-2-12-27-16/h1-9,12H,10-11,13H2,(H,23,25). The fourth-order valence-electron chi connectivity index (χ4n) is 3.28. The summed E-state index contributed by atoms with van der Waals surface area (Å²) in [6.07, 6.45) is 2.15. The SMILES string of the molecule is O=C(NCc1ccco1)c1cccc2c1CCN2C(=O)c1ccc(F)cc1. The summed E-state index contributed by atoms with van der Waals surface area (Å²) in [6.45, 7) is 0.780. The van der Waals surface area contributed by atoms with Gasteiger partial charge in [-0.25, -0.2) is 4.39 Å². The zero-order chi connectivity index (χ0) is 18.8. The topological polar surface area (TPSA) is 62.6 Å². The summed E-state index contributed by atoms with van der Waals surface area (Å²) >= 11 is 0. The van der Waals surface area contributed by atoms with Crippen molar-refractivity contribution in [3.8, 4) is 0 Å². The minimum absolute atomic E-state index is 0.207. The van der Waals surface area contributed by atoms with Gasteiger partial charge in [-0.15, -0.1) is 0 Å². The number of carbonyl (C=O) groups is 2. The van der Waals surface area contributed by atoms with Gasteiger partial charge < -0.3 is 14.6 Å². The number of anilines is 1. The molecule has 1 aliphatic rings. The number of benzene rings is 2. The number of nitrogens with one attached hydrogen (secondary N) is 1. The van der Waals surface area contributed by atoms with Gasteiger partial charge in [0.1, 0.15) is 11.6 Å². The summed E-state index contributed by atoms with van der Waals surface area (Å²) in [6, 6.07) is 14.4. The lowest BCUT2D eigenvalue weighted by atomic mass is 10.0. The fourth-order valence-corrected chi connectivity index (χ4v) is 3.28. The molecule has 3 aromatic rings. The number of rotatable bonds is 4. The van der Waals surface area contributed by atoms with Crippen LogP contribution in [-0.2, 0) is 13.0 Å². The summed E-state index contributed by atoms with van der Waals surface area (Å²) < 4.78 is 18.3. The molecule has 4 rings (SSSR count). The Morgan fingerprint density at radius 1 is 1.07 bits per heavy atom. The molecule has 136 valence electrons. The van der Waals surface area contributed by atoms with E-state index in [0.29, 0.717) is 36.4 Å². The maximum Gasteiger partial charge on any atom is 0.258 e. The van der Waals surface area contributed by atoms with Crippen molar-refractivity contribution in [2.75, 3.05) is 11.4 Å². The number of fused-ring (bicyclic) bond motifs is 1. The molecule has 27 heavy (non-hydrogen) atoms. The first-order valence-corrected chi connectivity index (χ1v) is 8.63. The molecule has 0 spiro atoms. The molecule has 1 N–H and O–H groups in total. The van der Waals surface area contributed by atoms with Gasteiger partial charge in [0.15, 0.2) is 0 Å². The van der Waals surface area contributed by atoms with E-state index in [-0.39, 0.29) is 17.6 Å². The van der Waals surface area contributed by atoms with Crippen LogP contribution in [0, 0.1) is 5.82 Å². The van der Waals surface area contributed by atoms with Crippen LogP contribution < -0.4 is 10.2 Å². The second kappa shape index (κ2) is 7.07. The van der Waals surface area contributed by atoms with E-state index >= 15 is 0 Å². The summed E-state index contributed by atoms with van der Waals surface area (Å²) in [7, 11) is 0. The van der Waals surface area contributed by atoms with Crippen LogP contribution in [0.3, 0.4) is 0 Å². The zero-order valence-corrected chi connectivity index (χ0v) is 14.4. The Morgan fingerprint density at radius 2 is 1.89 bits per heavy atom. The first kappa shape index (κ1) is 17.0. The molecule has 0 fully saturated rings. The summed E-state index contributed by atoms with van der Waals surface area (Å²) in [5.74, 6) is -0.130. The van der Waals surface area contributed by atoms with Crippen LogP contribution in [0.15, 0.2) is 65.3 Å². The predicted molar refractivity (Wildman–Crippen MR) is 98.1 cm³/mol. The van der Waals surface area contributed by atoms with Gasteiger partial charge in [0.25, 0.3) is 11.8 Å². The second-order valence-electron chi connectivity index (χ2n) is 6.28. The molecule has 2 aromatic carbocycles. The van der Waals surface area contributed by atoms with Crippen molar-refractivity contribution < 1.29 is 18.4 Å². The highest BCUT2D eigenvalue weighted by Crippen LogP contribution is 2.32. The Kier molecular flexibility index (Phi) is 4.46. The first-order chi connectivity index (χ1) is 13.1. The van der Waals surface area contributed by atoms with Crippen LogP contribution >= 0.6 is 0 Å². The van der Waals surface area contributed by atoms with Gasteiger partial charge in [0.05, 0.1) is 12.8 Å². The number of furan rings is 1. The average Bonchev–Trinajstić information content (AvgIpc) is 3.35. The Balaban J connectivity index is 1.55. The molecule has 5 nitrogen and oxygen atoms in total. The maximum absolute atomic E-state index is 13.1. The fraction of sp³-hybridized carbons (Fsp3) is 0.143. The quantitative estimate of drug-likeness (QED) is 0.770. The van der Waals surface area contributed by atoms with Crippen molar-refractivity contribution >= 4 is 17.5 Å². The predicted octanol–water partition coefficient (Wildman–Crippen LogP) is 3.55. The van der Waals surface area contributed by atoms with Crippen molar-refractivity contribution in [3.63, 3.8) is 0 Å². The lowest BCUT2D eigenvalue weighted by Gasteiger charge is -2.18. The van der Waals surface area contributed by atoms with Crippen LogP contribution in [0.25, 0.3) is 0 Å². The largest absolute Gasteiger partial charge is 0.467 e. The Morgan fingerprint density at radius 3 is 2.63 bits per heavy atom. The van der Waals surface area contributed by atoms with Gasteiger partial charge >= 0.3 is 0 Å². The molecule has 0 radical (unpaired) electrons. The van der Waals surface area contributed by atoms with Crippen molar-refractivity contribution in [1.29, 1.82) is 0 Å². The van der Waals surface area contributed by atoms with E-state index < -0.39 is 0 Å². The normalized spacial score (nSPS) is 12.7. The second-order valence-corrected chi connectivity index (χ2v) is 6.28. The number of halogens is 1. The van der Waals surface area contributed by atoms with Gasteiger partial charge in [0.2, 0.25) is 0 Å². The van der Waals surface area contributed by atoms with Crippen LogP contribution in [0.4, 0.5) is 10.1 Å². The number of hydrogen-bond acceptors (Lipinski definition) is 3. The summed E-state index contributed by atoms with van der Waals surface area (Å²) in [4.78, 5) is 27.0. The van der Waals surface area contributed by atoms with Crippen LogP contribution in [0.1, 0.15) is 32.0 Å². The molecule has 0 bridgehead atoms. The highest BCUT2D eigenvalue weighted by molar-refractivity contribution is 6.08. The van der Waals surface area contributed by atoms with Crippen LogP contribution in [-0.4, -0.2) is 18.4 Å². The van der Waals surface area contributed by atoms with E-state index in [2.05, 4.69) is 5.32 Å². The van der Waals surface area contributed by atoms with E-state index in [9.17, 15) is 14.0 Å². The van der Waals surface area contributed by atoms with Gasteiger partial charge in [-0.1, -0.05) is 6.07 Å². The molecule has 2 heterocycles. The summed E-state index contributed by atoms with van der Waals surface area (Å²) in [5, 5.41) is 2.84. The molecule has 0 saturated heterocycles. The summed E-state index contributed by atoms with van der Waals surface area (Å²) in [5.41, 5.74) is 2.52. The molecule has 0 atom stereocenters. The smallest absolute Gasteiger partial charge is 0.258 e. The molecule has 1 aliphatic heterocycles. The zero-order valence-electron chi connectivity index (χ0n) is 14.4. The highest BCUT2D eigenvalue weighted by atomic mass is 19.1. The third-order valence-electron chi connectivity index (χ3n) is 4.61. The first-order valence-electron chi connectivity index (χ1n) is 8.63. The number of hydrogen-bond donors (Lipinski definition) is 1. The van der Waals surface area contributed by atoms with Crippen molar-refractivity contribution in [2.45, 2.75) is 13.0 Å². The van der Waals surface area contributed by atoms with Crippen molar-refractivity contribution in [3.05, 3.63) is 89.1 Å². The Hall–Kier alpha value is -3.41. The number of amides is 2. The maximum atomic E-state index is 13.1. The number of nitrogens with zero attached hydrogens (tertiary/aromatic N) is 1. The molecular weight excluding hydrogens is 347 g/mol. The molecule has 0 aliphatic carbocycles. The van der Waals surface area contributed by atoms with E-state index in [1.54, 1.807) is 35.4 Å². The van der Waals surface area contributed by atoms with Crippen LogP contribution in [0.5, 0.6) is 0 Å². The third kappa shape index (κ3) is 3.33. The minimum Gasteiger partial charge on any atom is -0.467 e. The van der Waals surface area contributed by atoms with E-state index in [0.717, 1.165) is 11.3 Å². The monoisotopic (exact) mass is 364 g/mol. The van der Waals surface area contributed by atoms with Gasteiger partial charge in [-0.05, 0) is 60.5 Å². The molecule has 1 aromatic heterocycles. The van der Waals surface area contributed by atoms with Crippen molar-refractivity contribution in [2.24, 2.45) is 0 Å². The van der Waals surface area contributed by atoms with E-state index in [1.807, 2.05) is 6.07 Å². The number of carbonyl (C=O) groups excluding carboxylic acids is 2. The Bertz CT molecular complexity index is 981. The van der Waals surface area contributed by atoms with Gasteiger partial charge in [0, 0.05) is 23.4 Å². The van der Waals surface area contributed by atoms with Crippen molar-refractivity contribution in [1.82, 2.24) is 5.32 Å². The lowest BCUT2D eigenvalue weighted by molar-refractivity contribution is 0.0945. The average molecular weight is 364 g/mol. The lowest BCUT2D eigenvalue weighted by Crippen LogP contribution is -2.28. The van der Waals surface area contributed by atoms with E-state index in [4.69, 9.17) is 4.42 Å². The van der Waals surface area contributed by atoms with Crippen LogP contribution in [0.2, 0.25) is 0 Å². The molecule has 0 unspecified atom stereocenters. The molecular formula is C21H17FN2O3. The van der Waals surface area contributed by atoms with E-state index in [1.165, 1.54) is 24.3 Å². The minimum atomic E-state index is -0.385. The molecule has 2 amide bonds. The third-order valence-corrected chi connectivity index (χ3v) is 4.61. The van der Waals surface area contributed by atoms with Gasteiger partial charge in [-0.2, -0.15) is 0 Å². The van der Waals surface area contributed by atoms with Gasteiger partial charge in [-0.3, -0.25) is 9.59 Å². The molecule has 0 saturated carbocycles. The highest BCUT2D eigenvalue weighted by Gasteiger charge is 2.28. The Labute approximate surface area is 155 Å². The molecule has 6 heteroatoms.